The second-order valence-electron chi connectivity index (χ2n) is 4.10. The lowest BCUT2D eigenvalue weighted by Crippen LogP contribution is -2.19. The van der Waals surface area contributed by atoms with Crippen LogP contribution in [0.1, 0.15) is 15.9 Å². The normalized spacial score (nSPS) is 10.2. The van der Waals surface area contributed by atoms with Crippen molar-refractivity contribution in [3.63, 3.8) is 0 Å². The Labute approximate surface area is 133 Å². The van der Waals surface area contributed by atoms with Gasteiger partial charge in [0.05, 0.1) is 16.8 Å². The highest BCUT2D eigenvalue weighted by molar-refractivity contribution is 9.10. The van der Waals surface area contributed by atoms with Gasteiger partial charge in [0.15, 0.2) is 0 Å². The van der Waals surface area contributed by atoms with E-state index in [-0.39, 0.29) is 26.3 Å². The zero-order valence-electron chi connectivity index (χ0n) is 10.5. The Balaban J connectivity index is 2.36. The second kappa shape index (κ2) is 6.28. The van der Waals surface area contributed by atoms with E-state index in [9.17, 15) is 13.6 Å². The summed E-state index contributed by atoms with van der Waals surface area (Å²) in [7, 11) is 0. The third kappa shape index (κ3) is 3.43. The summed E-state index contributed by atoms with van der Waals surface area (Å²) in [6, 6.07) is 7.72. The molecule has 2 aromatic carbocycles. The monoisotopic (exact) mass is 370 g/mol. The Morgan fingerprint density at radius 3 is 2.57 bits per heavy atom. The van der Waals surface area contributed by atoms with Crippen LogP contribution in [-0.2, 0) is 0 Å². The first kappa shape index (κ1) is 15.5. The average molecular weight is 371 g/mol. The van der Waals surface area contributed by atoms with Crippen molar-refractivity contribution in [1.82, 2.24) is 0 Å². The molecule has 2 aromatic rings. The number of hydrogen-bond acceptors (Lipinski definition) is 2. The van der Waals surface area contributed by atoms with Gasteiger partial charge in [0.1, 0.15) is 16.6 Å². The summed E-state index contributed by atoms with van der Waals surface area (Å²) in [6.45, 7) is 0. The highest BCUT2D eigenvalue weighted by Crippen LogP contribution is 2.22. The van der Waals surface area contributed by atoms with Crippen LogP contribution in [0.3, 0.4) is 0 Å². The first-order valence-electron chi connectivity index (χ1n) is 5.75. The van der Waals surface area contributed by atoms with E-state index in [1.807, 2.05) is 0 Å². The summed E-state index contributed by atoms with van der Waals surface area (Å²) < 4.78 is 27.0. The first-order chi connectivity index (χ1) is 9.90. The van der Waals surface area contributed by atoms with Crippen LogP contribution < -0.4 is 11.1 Å². The van der Waals surface area contributed by atoms with Crippen LogP contribution in [-0.4, -0.2) is 10.9 Å². The molecule has 0 saturated heterocycles. The van der Waals surface area contributed by atoms with E-state index < -0.39 is 17.5 Å². The van der Waals surface area contributed by atoms with Crippen molar-refractivity contribution in [2.24, 2.45) is 5.73 Å². The molecule has 0 aliphatic heterocycles. The van der Waals surface area contributed by atoms with Crippen LogP contribution in [0.4, 0.5) is 14.5 Å². The van der Waals surface area contributed by atoms with Crippen molar-refractivity contribution < 1.29 is 13.6 Å². The molecule has 0 aliphatic carbocycles. The van der Waals surface area contributed by atoms with E-state index in [2.05, 4.69) is 21.2 Å². The van der Waals surface area contributed by atoms with E-state index >= 15 is 0 Å². The molecule has 0 fully saturated rings. The number of nitrogens with one attached hydrogen (secondary N) is 1. The van der Waals surface area contributed by atoms with Crippen molar-refractivity contribution in [2.45, 2.75) is 0 Å². The van der Waals surface area contributed by atoms with Crippen molar-refractivity contribution in [1.29, 1.82) is 0 Å². The molecule has 0 saturated carbocycles. The lowest BCUT2D eigenvalue weighted by atomic mass is 10.1. The Kier molecular flexibility index (Phi) is 4.64. The molecule has 0 atom stereocenters. The maximum atomic E-state index is 13.7. The molecule has 0 unspecified atom stereocenters. The Morgan fingerprint density at radius 2 is 1.95 bits per heavy atom. The van der Waals surface area contributed by atoms with Gasteiger partial charge in [-0.15, -0.1) is 0 Å². The molecular formula is C14H9BrF2N2OS. The van der Waals surface area contributed by atoms with E-state index in [4.69, 9.17) is 18.0 Å². The summed E-state index contributed by atoms with van der Waals surface area (Å²) in [5, 5.41) is 2.51. The van der Waals surface area contributed by atoms with Gasteiger partial charge in [-0.25, -0.2) is 8.78 Å². The SMILES string of the molecule is NC(=S)c1c(F)cccc1NC(=O)c1ccc(F)cc1Br. The minimum atomic E-state index is -0.626. The molecule has 0 radical (unpaired) electrons. The van der Waals surface area contributed by atoms with Crippen LogP contribution in [0.25, 0.3) is 0 Å². The minimum absolute atomic E-state index is 0.0425. The third-order valence-electron chi connectivity index (χ3n) is 2.68. The molecule has 0 aromatic heterocycles. The summed E-state index contributed by atoms with van der Waals surface area (Å²) in [4.78, 5) is 12.0. The second-order valence-corrected chi connectivity index (χ2v) is 5.40. The quantitative estimate of drug-likeness (QED) is 0.811. The lowest BCUT2D eigenvalue weighted by molar-refractivity contribution is 0.102. The average Bonchev–Trinajstić information content (AvgIpc) is 2.37. The number of carbonyl (C=O) groups is 1. The van der Waals surface area contributed by atoms with Gasteiger partial charge in [0, 0.05) is 4.47 Å². The minimum Gasteiger partial charge on any atom is -0.389 e. The lowest BCUT2D eigenvalue weighted by Gasteiger charge is -2.11. The van der Waals surface area contributed by atoms with E-state index in [0.717, 1.165) is 12.1 Å². The Bertz CT molecular complexity index is 737. The van der Waals surface area contributed by atoms with Gasteiger partial charge in [-0.1, -0.05) is 18.3 Å². The highest BCUT2D eigenvalue weighted by atomic mass is 79.9. The number of carbonyl (C=O) groups excluding carboxylic acids is 1. The number of halogens is 3. The van der Waals surface area contributed by atoms with Crippen molar-refractivity contribution in [2.75, 3.05) is 5.32 Å². The molecule has 3 nitrogen and oxygen atoms in total. The predicted octanol–water partition coefficient (Wildman–Crippen LogP) is 3.61. The number of benzene rings is 2. The summed E-state index contributed by atoms with van der Waals surface area (Å²) in [5.74, 6) is -1.64. The van der Waals surface area contributed by atoms with Gasteiger partial charge in [-0.2, -0.15) is 0 Å². The number of hydrogen-bond donors (Lipinski definition) is 2. The molecular weight excluding hydrogens is 362 g/mol. The smallest absolute Gasteiger partial charge is 0.256 e. The first-order valence-corrected chi connectivity index (χ1v) is 6.95. The van der Waals surface area contributed by atoms with Gasteiger partial charge in [0.2, 0.25) is 0 Å². The third-order valence-corrected chi connectivity index (χ3v) is 3.54. The van der Waals surface area contributed by atoms with E-state index in [0.29, 0.717) is 0 Å². The fourth-order valence-electron chi connectivity index (χ4n) is 1.74. The number of nitrogens with two attached hydrogens (primary N) is 1. The molecule has 3 N–H and O–H groups in total. The molecule has 108 valence electrons. The molecule has 0 spiro atoms. The van der Waals surface area contributed by atoms with Crippen LogP contribution in [0.15, 0.2) is 40.9 Å². The fraction of sp³-hybridized carbons (Fsp3) is 0. The van der Waals surface area contributed by atoms with Gasteiger partial charge in [-0.05, 0) is 46.3 Å². The van der Waals surface area contributed by atoms with Gasteiger partial charge in [-0.3, -0.25) is 4.79 Å². The molecule has 0 bridgehead atoms. The molecule has 21 heavy (non-hydrogen) atoms. The van der Waals surface area contributed by atoms with Crippen LogP contribution >= 0.6 is 28.1 Å². The zero-order valence-corrected chi connectivity index (χ0v) is 12.9. The Hall–Kier alpha value is -1.86. The predicted molar refractivity (Wildman–Crippen MR) is 84.3 cm³/mol. The molecule has 2 rings (SSSR count). The summed E-state index contributed by atoms with van der Waals surface area (Å²) >= 11 is 7.87. The van der Waals surface area contributed by atoms with Crippen LogP contribution in [0.2, 0.25) is 0 Å². The highest BCUT2D eigenvalue weighted by Gasteiger charge is 2.16. The molecule has 0 heterocycles. The van der Waals surface area contributed by atoms with Gasteiger partial charge < -0.3 is 11.1 Å². The van der Waals surface area contributed by atoms with E-state index in [1.165, 1.54) is 24.3 Å². The fourth-order valence-corrected chi connectivity index (χ4v) is 2.48. The molecule has 0 aliphatic rings. The maximum absolute atomic E-state index is 13.7. The number of amides is 1. The molecule has 7 heteroatoms. The number of rotatable bonds is 3. The van der Waals surface area contributed by atoms with Gasteiger partial charge in [0.25, 0.3) is 5.91 Å². The van der Waals surface area contributed by atoms with Crippen LogP contribution in [0.5, 0.6) is 0 Å². The molecule has 1 amide bonds. The van der Waals surface area contributed by atoms with Crippen molar-refractivity contribution >= 4 is 44.7 Å². The Morgan fingerprint density at radius 1 is 1.24 bits per heavy atom. The number of thiocarbonyl (C=S) groups is 1. The summed E-state index contributed by atoms with van der Waals surface area (Å²) in [5.41, 5.74) is 5.78. The largest absolute Gasteiger partial charge is 0.389 e. The van der Waals surface area contributed by atoms with Crippen molar-refractivity contribution in [3.05, 3.63) is 63.6 Å². The van der Waals surface area contributed by atoms with Crippen LogP contribution in [0, 0.1) is 11.6 Å². The van der Waals surface area contributed by atoms with Crippen molar-refractivity contribution in [3.8, 4) is 0 Å². The van der Waals surface area contributed by atoms with E-state index in [1.54, 1.807) is 0 Å². The zero-order chi connectivity index (χ0) is 15.6. The van der Waals surface area contributed by atoms with Gasteiger partial charge >= 0.3 is 0 Å². The maximum Gasteiger partial charge on any atom is 0.256 e. The summed E-state index contributed by atoms with van der Waals surface area (Å²) in [6.07, 6.45) is 0. The number of anilines is 1. The standard InChI is InChI=1S/C14H9BrF2N2OS/c15-9-6-7(16)4-5-8(9)14(20)19-11-3-1-2-10(17)12(11)13(18)21/h1-6H,(H2,18,21)(H,19,20). The topological polar surface area (TPSA) is 55.1 Å².